The van der Waals surface area contributed by atoms with Crippen LogP contribution >= 0.6 is 0 Å². The van der Waals surface area contributed by atoms with E-state index in [-0.39, 0.29) is 25.0 Å². The van der Waals surface area contributed by atoms with Crippen molar-refractivity contribution >= 4 is 5.97 Å². The molecule has 0 aromatic heterocycles. The third kappa shape index (κ3) is 1.56. The molecule has 3 N–H and O–H groups in total. The molecule has 2 aliphatic rings. The minimum atomic E-state index is -1.19. The smallest absolute Gasteiger partial charge is 0.313 e. The van der Waals surface area contributed by atoms with Crippen molar-refractivity contribution in [2.45, 2.75) is 12.7 Å². The number of allylic oxidation sites excluding steroid dienone is 1. The van der Waals surface area contributed by atoms with Gasteiger partial charge in [0.25, 0.3) is 0 Å². The molecule has 1 aliphatic carbocycles. The summed E-state index contributed by atoms with van der Waals surface area (Å²) in [6.45, 7) is -0.423. The number of esters is 1. The van der Waals surface area contributed by atoms with E-state index in [9.17, 15) is 9.90 Å². The van der Waals surface area contributed by atoms with Gasteiger partial charge in [-0.1, -0.05) is 6.08 Å². The van der Waals surface area contributed by atoms with Crippen molar-refractivity contribution in [3.05, 3.63) is 11.6 Å². The summed E-state index contributed by atoms with van der Waals surface area (Å²) in [5, 5.41) is 27.7. The Kier molecular flexibility index (Phi) is 2.77. The monoisotopic (exact) mass is 214 g/mol. The van der Waals surface area contributed by atoms with Crippen LogP contribution in [0.1, 0.15) is 6.42 Å². The number of rotatable bonds is 2. The third-order valence-corrected chi connectivity index (χ3v) is 3.28. The molecule has 0 aromatic carbocycles. The Morgan fingerprint density at radius 1 is 1.47 bits per heavy atom. The van der Waals surface area contributed by atoms with E-state index in [2.05, 4.69) is 0 Å². The molecular weight excluding hydrogens is 200 g/mol. The van der Waals surface area contributed by atoms with Gasteiger partial charge >= 0.3 is 5.97 Å². The lowest BCUT2D eigenvalue weighted by Gasteiger charge is -2.36. The first-order valence-electron chi connectivity index (χ1n) is 4.98. The molecule has 0 unspecified atom stereocenters. The van der Waals surface area contributed by atoms with Gasteiger partial charge in [-0.05, 0) is 17.9 Å². The second kappa shape index (κ2) is 3.92. The molecule has 5 heteroatoms. The fraction of sp³-hybridized carbons (Fsp3) is 0.700. The fourth-order valence-electron chi connectivity index (χ4n) is 2.49. The van der Waals surface area contributed by atoms with Gasteiger partial charge in [-0.25, -0.2) is 0 Å². The minimum absolute atomic E-state index is 0.145. The summed E-state index contributed by atoms with van der Waals surface area (Å²) < 4.78 is 4.74. The highest BCUT2D eigenvalue weighted by atomic mass is 16.6. The molecule has 0 radical (unpaired) electrons. The van der Waals surface area contributed by atoms with Gasteiger partial charge < -0.3 is 20.1 Å². The molecule has 1 heterocycles. The van der Waals surface area contributed by atoms with Crippen molar-refractivity contribution < 1.29 is 24.9 Å². The third-order valence-electron chi connectivity index (χ3n) is 3.28. The zero-order valence-electron chi connectivity index (χ0n) is 8.17. The summed E-state index contributed by atoms with van der Waals surface area (Å²) in [4.78, 5) is 11.3. The number of ether oxygens (including phenoxy) is 1. The first kappa shape index (κ1) is 10.6. The Bertz CT molecular complexity index is 298. The van der Waals surface area contributed by atoms with Crippen LogP contribution in [-0.4, -0.2) is 40.8 Å². The molecule has 84 valence electrons. The van der Waals surface area contributed by atoms with Crippen LogP contribution in [0.5, 0.6) is 0 Å². The molecule has 5 nitrogen and oxygen atoms in total. The average Bonchev–Trinajstić information content (AvgIpc) is 2.62. The number of hydrogen-bond acceptors (Lipinski definition) is 5. The maximum Gasteiger partial charge on any atom is 0.313 e. The van der Waals surface area contributed by atoms with Gasteiger partial charge in [0.1, 0.15) is 0 Å². The Hall–Kier alpha value is -0.910. The van der Waals surface area contributed by atoms with Crippen LogP contribution < -0.4 is 0 Å². The molecule has 4 atom stereocenters. The van der Waals surface area contributed by atoms with E-state index in [1.165, 1.54) is 0 Å². The summed E-state index contributed by atoms with van der Waals surface area (Å²) in [5.41, 5.74) is 0.693. The van der Waals surface area contributed by atoms with Crippen LogP contribution in [-0.2, 0) is 9.53 Å². The highest BCUT2D eigenvalue weighted by Gasteiger charge is 2.48. The van der Waals surface area contributed by atoms with E-state index in [4.69, 9.17) is 14.9 Å². The predicted octanol–water partition coefficient (Wildman–Crippen LogP) is -0.975. The summed E-state index contributed by atoms with van der Waals surface area (Å²) in [6, 6.07) is 0. The van der Waals surface area contributed by atoms with Gasteiger partial charge in [0, 0.05) is 5.92 Å². The number of fused-ring (bicyclic) bond motifs is 1. The molecule has 0 amide bonds. The molecule has 0 saturated carbocycles. The Morgan fingerprint density at radius 2 is 2.20 bits per heavy atom. The van der Waals surface area contributed by atoms with Gasteiger partial charge in [0.15, 0.2) is 0 Å². The first-order chi connectivity index (χ1) is 7.19. The maximum absolute atomic E-state index is 11.3. The maximum atomic E-state index is 11.3. The van der Waals surface area contributed by atoms with Gasteiger partial charge in [-0.2, -0.15) is 0 Å². The average molecular weight is 214 g/mol. The number of aliphatic hydroxyl groups is 3. The van der Waals surface area contributed by atoms with E-state index in [0.717, 1.165) is 0 Å². The second-order valence-electron chi connectivity index (χ2n) is 3.98. The van der Waals surface area contributed by atoms with Crippen LogP contribution in [0.15, 0.2) is 11.6 Å². The summed E-state index contributed by atoms with van der Waals surface area (Å²) in [7, 11) is 0. The second-order valence-corrected chi connectivity index (χ2v) is 3.98. The van der Waals surface area contributed by atoms with E-state index in [1.807, 2.05) is 6.08 Å². The number of carbonyl (C=O) groups excluding carboxylic acids is 1. The highest BCUT2D eigenvalue weighted by molar-refractivity contribution is 5.74. The van der Waals surface area contributed by atoms with Crippen molar-refractivity contribution in [2.24, 2.45) is 17.8 Å². The lowest BCUT2D eigenvalue weighted by molar-refractivity contribution is -0.203. The van der Waals surface area contributed by atoms with Crippen molar-refractivity contribution in [3.8, 4) is 0 Å². The van der Waals surface area contributed by atoms with Crippen LogP contribution in [0.4, 0.5) is 0 Å². The number of carbonyl (C=O) groups is 1. The first-order valence-corrected chi connectivity index (χ1v) is 4.98. The van der Waals surface area contributed by atoms with Crippen LogP contribution in [0, 0.1) is 17.8 Å². The van der Waals surface area contributed by atoms with E-state index in [0.29, 0.717) is 12.0 Å². The minimum Gasteiger partial charge on any atom is -0.435 e. The molecule has 0 aromatic rings. The molecule has 15 heavy (non-hydrogen) atoms. The van der Waals surface area contributed by atoms with E-state index in [1.54, 1.807) is 0 Å². The lowest BCUT2D eigenvalue weighted by Crippen LogP contribution is -2.45. The van der Waals surface area contributed by atoms with Crippen molar-refractivity contribution in [1.82, 2.24) is 0 Å². The fourth-order valence-corrected chi connectivity index (χ4v) is 2.49. The van der Waals surface area contributed by atoms with Crippen LogP contribution in [0.25, 0.3) is 0 Å². The molecule has 1 fully saturated rings. The molecule has 1 aliphatic heterocycles. The number of cyclic esters (lactones) is 1. The molecule has 1 saturated heterocycles. The van der Waals surface area contributed by atoms with Crippen molar-refractivity contribution in [3.63, 3.8) is 0 Å². The largest absolute Gasteiger partial charge is 0.435 e. The SMILES string of the molecule is O=C1O[C@@H](O)[C@@H]2C(CO)=CC[C@@H]2[C@@H]1CO. The Balaban J connectivity index is 2.23. The molecular formula is C10H14O5. The standard InChI is InChI=1S/C10H14O5/c11-3-5-1-2-6-7(4-12)9(13)15-10(14)8(5)6/h1,6-8,10-12,14H,2-4H2/t6-,7+,8-,10-/m1/s1. The summed E-state index contributed by atoms with van der Waals surface area (Å²) >= 11 is 0. The van der Waals surface area contributed by atoms with E-state index < -0.39 is 18.2 Å². The molecule has 0 bridgehead atoms. The van der Waals surface area contributed by atoms with Crippen LogP contribution in [0.3, 0.4) is 0 Å². The highest BCUT2D eigenvalue weighted by Crippen LogP contribution is 2.42. The van der Waals surface area contributed by atoms with E-state index >= 15 is 0 Å². The molecule has 2 rings (SSSR count). The van der Waals surface area contributed by atoms with Crippen LogP contribution in [0.2, 0.25) is 0 Å². The number of aliphatic hydroxyl groups excluding tert-OH is 3. The zero-order chi connectivity index (χ0) is 11.0. The van der Waals surface area contributed by atoms with Crippen molar-refractivity contribution in [2.75, 3.05) is 13.2 Å². The van der Waals surface area contributed by atoms with Gasteiger partial charge in [0.05, 0.1) is 19.1 Å². The van der Waals surface area contributed by atoms with Crippen molar-refractivity contribution in [1.29, 1.82) is 0 Å². The quantitative estimate of drug-likeness (QED) is 0.406. The summed E-state index contributed by atoms with van der Waals surface area (Å²) in [5.74, 6) is -1.64. The zero-order valence-corrected chi connectivity index (χ0v) is 8.17. The summed E-state index contributed by atoms with van der Waals surface area (Å²) in [6.07, 6.45) is 1.22. The Labute approximate surface area is 87.0 Å². The predicted molar refractivity (Wildman–Crippen MR) is 49.4 cm³/mol. The Morgan fingerprint density at radius 3 is 2.80 bits per heavy atom. The van der Waals surface area contributed by atoms with Gasteiger partial charge in [0.2, 0.25) is 6.29 Å². The van der Waals surface area contributed by atoms with Gasteiger partial charge in [-0.3, -0.25) is 4.79 Å². The van der Waals surface area contributed by atoms with Gasteiger partial charge in [-0.15, -0.1) is 0 Å². The normalized spacial score (nSPS) is 39.7. The lowest BCUT2D eigenvalue weighted by atomic mass is 9.79. The molecule has 0 spiro atoms. The topological polar surface area (TPSA) is 87.0 Å². The number of hydrogen-bond donors (Lipinski definition) is 3.